The summed E-state index contributed by atoms with van der Waals surface area (Å²) in [7, 11) is 4.11. The van der Waals surface area contributed by atoms with Gasteiger partial charge in [-0.25, -0.2) is 14.8 Å². The van der Waals surface area contributed by atoms with Crippen LogP contribution >= 0.6 is 0 Å². The molecule has 29 heavy (non-hydrogen) atoms. The highest BCUT2D eigenvalue weighted by Crippen LogP contribution is 2.23. The number of piperidine rings is 1. The number of nitrogens with one attached hydrogen (secondary N) is 5. The Kier molecular flexibility index (Phi) is 6.66. The van der Waals surface area contributed by atoms with Crippen molar-refractivity contribution in [2.45, 2.75) is 43.2 Å². The highest BCUT2D eigenvalue weighted by molar-refractivity contribution is 5.81. The molecular weight excluding hydrogens is 377 g/mol. The Bertz CT molecular complexity index is 576. The molecular formula is C18H36FN9O. The number of rotatable bonds is 4. The number of alkyl halides is 1. The first-order chi connectivity index (χ1) is 14.0. The molecule has 4 aliphatic heterocycles. The Balaban J connectivity index is 1.42. The van der Waals surface area contributed by atoms with Crippen LogP contribution in [0.15, 0.2) is 0 Å². The zero-order valence-electron chi connectivity index (χ0n) is 17.4. The number of hydrogen-bond acceptors (Lipinski definition) is 9. The van der Waals surface area contributed by atoms with Gasteiger partial charge in [-0.1, -0.05) is 0 Å². The van der Waals surface area contributed by atoms with E-state index in [9.17, 15) is 9.18 Å². The van der Waals surface area contributed by atoms with Gasteiger partial charge in [0.1, 0.15) is 6.17 Å². The Morgan fingerprint density at radius 3 is 2.66 bits per heavy atom. The number of hydrazine groups is 1. The summed E-state index contributed by atoms with van der Waals surface area (Å²) in [5.74, 6) is -0.534. The van der Waals surface area contributed by atoms with Crippen molar-refractivity contribution in [3.8, 4) is 0 Å². The van der Waals surface area contributed by atoms with Crippen LogP contribution in [0.25, 0.3) is 0 Å². The largest absolute Gasteiger partial charge is 0.350 e. The van der Waals surface area contributed by atoms with Crippen LogP contribution in [-0.2, 0) is 4.79 Å². The molecule has 4 saturated heterocycles. The second-order valence-corrected chi connectivity index (χ2v) is 8.79. The van der Waals surface area contributed by atoms with E-state index in [1.165, 1.54) is 0 Å². The SMILES string of the molecule is CNC1CC(N2CCN(C)CC2)C(NC(=O)C2C(N)NN3CC(F)CNC23)CN1. The number of carbonyl (C=O) groups excluding carboxylic acids is 1. The summed E-state index contributed by atoms with van der Waals surface area (Å²) >= 11 is 0. The fourth-order valence-electron chi connectivity index (χ4n) is 5.08. The van der Waals surface area contributed by atoms with Gasteiger partial charge in [-0.2, -0.15) is 0 Å². The molecule has 1 amide bonds. The molecule has 4 heterocycles. The van der Waals surface area contributed by atoms with Gasteiger partial charge in [0.2, 0.25) is 5.91 Å². The molecule has 0 aliphatic carbocycles. The van der Waals surface area contributed by atoms with E-state index < -0.39 is 18.3 Å². The standard InChI is InChI=1S/C18H36FN9O/c1-21-14-7-13(27-5-3-26(2)4-6-27)12(9-22-14)24-18(29)15-16(20)25-28-10-11(19)8-23-17(15)28/h11-17,21-23,25H,3-10,20H2,1-2H3,(H,24,29). The number of halogens is 1. The van der Waals surface area contributed by atoms with Crippen molar-refractivity contribution < 1.29 is 9.18 Å². The van der Waals surface area contributed by atoms with Gasteiger partial charge in [-0.15, -0.1) is 0 Å². The average Bonchev–Trinajstić information content (AvgIpc) is 3.03. The molecule has 7 N–H and O–H groups in total. The van der Waals surface area contributed by atoms with E-state index in [1.54, 1.807) is 5.01 Å². The maximum atomic E-state index is 13.7. The molecule has 7 atom stereocenters. The first-order valence-electron chi connectivity index (χ1n) is 10.8. The van der Waals surface area contributed by atoms with E-state index >= 15 is 0 Å². The van der Waals surface area contributed by atoms with Crippen LogP contribution in [0.1, 0.15) is 6.42 Å². The number of carbonyl (C=O) groups is 1. The molecule has 0 spiro atoms. The minimum Gasteiger partial charge on any atom is -0.350 e. The number of nitrogens with two attached hydrogens (primary N) is 1. The highest BCUT2D eigenvalue weighted by Gasteiger charge is 2.48. The van der Waals surface area contributed by atoms with Crippen molar-refractivity contribution in [3.63, 3.8) is 0 Å². The lowest BCUT2D eigenvalue weighted by molar-refractivity contribution is -0.128. The molecule has 4 fully saturated rings. The van der Waals surface area contributed by atoms with E-state index in [1.807, 2.05) is 7.05 Å². The zero-order chi connectivity index (χ0) is 20.5. The molecule has 10 nitrogen and oxygen atoms in total. The third kappa shape index (κ3) is 4.57. The van der Waals surface area contributed by atoms with E-state index in [4.69, 9.17) is 5.73 Å². The maximum Gasteiger partial charge on any atom is 0.229 e. The monoisotopic (exact) mass is 413 g/mol. The molecule has 0 aromatic rings. The molecule has 166 valence electrons. The number of fused-ring (bicyclic) bond motifs is 1. The molecule has 0 radical (unpaired) electrons. The first kappa shape index (κ1) is 21.3. The highest BCUT2D eigenvalue weighted by atomic mass is 19.1. The third-order valence-corrected chi connectivity index (χ3v) is 6.83. The van der Waals surface area contributed by atoms with Crippen molar-refractivity contribution in [3.05, 3.63) is 0 Å². The van der Waals surface area contributed by atoms with E-state index in [0.29, 0.717) is 6.54 Å². The van der Waals surface area contributed by atoms with Crippen LogP contribution in [0.3, 0.4) is 0 Å². The second-order valence-electron chi connectivity index (χ2n) is 8.79. The van der Waals surface area contributed by atoms with Gasteiger partial charge in [0.05, 0.1) is 30.5 Å². The van der Waals surface area contributed by atoms with Crippen LogP contribution in [-0.4, -0.2) is 117 Å². The Morgan fingerprint density at radius 1 is 1.17 bits per heavy atom. The molecule has 4 aliphatic rings. The van der Waals surface area contributed by atoms with Gasteiger partial charge in [-0.05, 0) is 20.5 Å². The summed E-state index contributed by atoms with van der Waals surface area (Å²) in [5.41, 5.74) is 9.27. The Labute approximate surface area is 172 Å². The number of amides is 1. The Morgan fingerprint density at radius 2 is 1.93 bits per heavy atom. The minimum absolute atomic E-state index is 0.00858. The fraction of sp³-hybridized carbons (Fsp3) is 0.944. The summed E-state index contributed by atoms with van der Waals surface area (Å²) in [6.07, 6.45) is -0.602. The molecule has 0 aromatic heterocycles. The van der Waals surface area contributed by atoms with Gasteiger partial charge in [0.25, 0.3) is 0 Å². The van der Waals surface area contributed by atoms with Crippen LogP contribution in [0, 0.1) is 5.92 Å². The van der Waals surface area contributed by atoms with Crippen molar-refractivity contribution >= 4 is 5.91 Å². The normalized spacial score (nSPS) is 42.6. The molecule has 4 rings (SSSR count). The van der Waals surface area contributed by atoms with Crippen LogP contribution in [0.5, 0.6) is 0 Å². The van der Waals surface area contributed by atoms with Crippen LogP contribution < -0.4 is 32.4 Å². The van der Waals surface area contributed by atoms with Gasteiger partial charge in [-0.3, -0.25) is 20.3 Å². The molecule has 0 aromatic carbocycles. The van der Waals surface area contributed by atoms with Gasteiger partial charge in [0, 0.05) is 51.9 Å². The lowest BCUT2D eigenvalue weighted by Gasteiger charge is -2.46. The van der Waals surface area contributed by atoms with E-state index in [2.05, 4.69) is 43.5 Å². The van der Waals surface area contributed by atoms with Crippen molar-refractivity contribution in [2.75, 3.05) is 59.9 Å². The summed E-state index contributed by atoms with van der Waals surface area (Å²) in [4.78, 5) is 18.1. The summed E-state index contributed by atoms with van der Waals surface area (Å²) in [6.45, 7) is 5.29. The van der Waals surface area contributed by atoms with Crippen LogP contribution in [0.4, 0.5) is 4.39 Å². The lowest BCUT2D eigenvalue weighted by atomic mass is 9.94. The van der Waals surface area contributed by atoms with Crippen LogP contribution in [0.2, 0.25) is 0 Å². The molecule has 7 unspecified atom stereocenters. The maximum absolute atomic E-state index is 13.7. The number of piperazine rings is 1. The molecule has 0 bridgehead atoms. The van der Waals surface area contributed by atoms with Crippen molar-refractivity contribution in [1.29, 1.82) is 0 Å². The fourth-order valence-corrected chi connectivity index (χ4v) is 5.08. The molecule has 11 heteroatoms. The average molecular weight is 414 g/mol. The quantitative estimate of drug-likeness (QED) is 0.281. The second kappa shape index (κ2) is 9.06. The van der Waals surface area contributed by atoms with E-state index in [-0.39, 0.29) is 43.4 Å². The summed E-state index contributed by atoms with van der Waals surface area (Å²) in [6, 6.07) is 0.275. The summed E-state index contributed by atoms with van der Waals surface area (Å²) < 4.78 is 13.7. The topological polar surface area (TPSA) is 113 Å². The smallest absolute Gasteiger partial charge is 0.229 e. The minimum atomic E-state index is -0.963. The number of likely N-dealkylation sites (N-methyl/N-ethyl adjacent to an activating group) is 1. The summed E-state index contributed by atoms with van der Waals surface area (Å²) in [5, 5.41) is 14.9. The van der Waals surface area contributed by atoms with E-state index in [0.717, 1.165) is 32.6 Å². The van der Waals surface area contributed by atoms with Gasteiger partial charge >= 0.3 is 0 Å². The van der Waals surface area contributed by atoms with Gasteiger partial charge in [0.15, 0.2) is 0 Å². The van der Waals surface area contributed by atoms with Gasteiger partial charge < -0.3 is 21.3 Å². The zero-order valence-corrected chi connectivity index (χ0v) is 17.4. The first-order valence-corrected chi connectivity index (χ1v) is 10.8. The predicted octanol–water partition coefficient (Wildman–Crippen LogP) is -3.39. The predicted molar refractivity (Wildman–Crippen MR) is 108 cm³/mol. The number of hydrogen-bond donors (Lipinski definition) is 6. The molecule has 0 saturated carbocycles. The third-order valence-electron chi connectivity index (χ3n) is 6.83. The Hall–Kier alpha value is -0.920. The van der Waals surface area contributed by atoms with Crippen molar-refractivity contribution in [1.82, 2.24) is 41.5 Å². The van der Waals surface area contributed by atoms with Crippen molar-refractivity contribution in [2.24, 2.45) is 11.7 Å². The number of nitrogens with zero attached hydrogens (tertiary/aromatic N) is 3. The lowest BCUT2D eigenvalue weighted by Crippen LogP contribution is -2.67.